The molecule has 0 aliphatic carbocycles. The van der Waals surface area contributed by atoms with Crippen LogP contribution in [0.15, 0.2) is 42.5 Å². The van der Waals surface area contributed by atoms with E-state index in [1.807, 2.05) is 0 Å². The van der Waals surface area contributed by atoms with Gasteiger partial charge in [0.15, 0.2) is 5.78 Å². The maximum atomic E-state index is 13.6. The highest BCUT2D eigenvalue weighted by Gasteiger charge is 2.12. The van der Waals surface area contributed by atoms with E-state index in [-0.39, 0.29) is 12.2 Å². The molecule has 0 saturated heterocycles. The lowest BCUT2D eigenvalue weighted by molar-refractivity contribution is 0.0992. The Hall–Kier alpha value is -1.87. The normalized spacial score (nSPS) is 10.3. The number of carbonyl (C=O) groups excluding carboxylic acids is 1. The van der Waals surface area contributed by atoms with Crippen molar-refractivity contribution in [3.8, 4) is 0 Å². The van der Waals surface area contributed by atoms with Gasteiger partial charge in [-0.3, -0.25) is 4.79 Å². The van der Waals surface area contributed by atoms with E-state index in [2.05, 4.69) is 0 Å². The quantitative estimate of drug-likeness (QED) is 0.680. The first-order valence-electron chi connectivity index (χ1n) is 5.39. The van der Waals surface area contributed by atoms with Crippen molar-refractivity contribution in [2.75, 3.05) is 5.73 Å². The first-order chi connectivity index (χ1) is 8.58. The Morgan fingerprint density at radius 2 is 1.94 bits per heavy atom. The third kappa shape index (κ3) is 2.68. The number of hydrogen-bond acceptors (Lipinski definition) is 2. The molecule has 0 aromatic heterocycles. The Morgan fingerprint density at radius 1 is 1.22 bits per heavy atom. The first kappa shape index (κ1) is 12.6. The Morgan fingerprint density at radius 3 is 2.61 bits per heavy atom. The van der Waals surface area contributed by atoms with Crippen LogP contribution < -0.4 is 5.73 Å². The number of para-hydroxylation sites is 1. The van der Waals surface area contributed by atoms with Crippen LogP contribution in [0.5, 0.6) is 0 Å². The minimum atomic E-state index is -0.481. The minimum Gasteiger partial charge on any atom is -0.398 e. The van der Waals surface area contributed by atoms with Gasteiger partial charge >= 0.3 is 0 Å². The summed E-state index contributed by atoms with van der Waals surface area (Å²) < 4.78 is 13.6. The molecule has 0 aliphatic rings. The molecule has 0 saturated carbocycles. The molecule has 2 rings (SSSR count). The molecule has 0 fully saturated rings. The zero-order valence-electron chi connectivity index (χ0n) is 9.49. The van der Waals surface area contributed by atoms with Crippen molar-refractivity contribution in [3.05, 3.63) is 64.4 Å². The highest BCUT2D eigenvalue weighted by atomic mass is 35.5. The second-order valence-electron chi connectivity index (χ2n) is 3.92. The van der Waals surface area contributed by atoms with E-state index in [4.69, 9.17) is 17.3 Å². The van der Waals surface area contributed by atoms with Crippen LogP contribution >= 0.6 is 11.6 Å². The van der Waals surface area contributed by atoms with Gasteiger partial charge in [0, 0.05) is 22.7 Å². The Labute approximate surface area is 109 Å². The van der Waals surface area contributed by atoms with E-state index in [9.17, 15) is 9.18 Å². The average molecular weight is 264 g/mol. The standard InChI is InChI=1S/C14H11ClFNO/c15-10-6-5-9(12(16)8-10)7-14(18)11-3-1-2-4-13(11)17/h1-6,8H,7,17H2. The lowest BCUT2D eigenvalue weighted by atomic mass is 10.0. The molecule has 2 N–H and O–H groups in total. The molecule has 2 aromatic carbocycles. The molecule has 0 amide bonds. The highest BCUT2D eigenvalue weighted by molar-refractivity contribution is 6.30. The van der Waals surface area contributed by atoms with Crippen molar-refractivity contribution in [1.29, 1.82) is 0 Å². The zero-order valence-corrected chi connectivity index (χ0v) is 10.2. The summed E-state index contributed by atoms with van der Waals surface area (Å²) in [6, 6.07) is 11.0. The van der Waals surface area contributed by atoms with Gasteiger partial charge in [-0.05, 0) is 29.8 Å². The van der Waals surface area contributed by atoms with Gasteiger partial charge < -0.3 is 5.73 Å². The van der Waals surface area contributed by atoms with Crippen LogP contribution in [-0.2, 0) is 6.42 Å². The molecule has 0 heterocycles. The van der Waals surface area contributed by atoms with Gasteiger partial charge in [0.25, 0.3) is 0 Å². The van der Waals surface area contributed by atoms with Gasteiger partial charge in [-0.25, -0.2) is 4.39 Å². The SMILES string of the molecule is Nc1ccccc1C(=O)Cc1ccc(Cl)cc1F. The third-order valence-corrected chi connectivity index (χ3v) is 2.86. The molecule has 0 unspecified atom stereocenters. The summed E-state index contributed by atoms with van der Waals surface area (Å²) in [5.41, 5.74) is 6.82. The number of benzene rings is 2. The Bertz CT molecular complexity index is 598. The number of anilines is 1. The summed E-state index contributed by atoms with van der Waals surface area (Å²) >= 11 is 5.65. The molecular weight excluding hydrogens is 253 g/mol. The molecule has 18 heavy (non-hydrogen) atoms. The van der Waals surface area contributed by atoms with E-state index in [0.29, 0.717) is 21.8 Å². The second-order valence-corrected chi connectivity index (χ2v) is 4.36. The van der Waals surface area contributed by atoms with Gasteiger partial charge in [-0.1, -0.05) is 29.8 Å². The van der Waals surface area contributed by atoms with Gasteiger partial charge in [-0.15, -0.1) is 0 Å². The summed E-state index contributed by atoms with van der Waals surface area (Å²) in [5, 5.41) is 0.308. The molecule has 0 radical (unpaired) electrons. The van der Waals surface area contributed by atoms with Crippen LogP contribution in [0.25, 0.3) is 0 Å². The molecule has 2 aromatic rings. The third-order valence-electron chi connectivity index (χ3n) is 2.63. The summed E-state index contributed by atoms with van der Waals surface area (Å²) in [5.74, 6) is -0.695. The molecule has 2 nitrogen and oxygen atoms in total. The number of Topliss-reactive ketones (excluding diaryl/α,β-unsaturated/α-hetero) is 1. The Kier molecular flexibility index (Phi) is 3.63. The Balaban J connectivity index is 2.24. The number of ketones is 1. The lowest BCUT2D eigenvalue weighted by Gasteiger charge is -2.05. The van der Waals surface area contributed by atoms with E-state index < -0.39 is 5.82 Å². The van der Waals surface area contributed by atoms with E-state index in [1.165, 1.54) is 12.1 Å². The van der Waals surface area contributed by atoms with Crippen LogP contribution in [0.2, 0.25) is 5.02 Å². The maximum absolute atomic E-state index is 13.6. The monoisotopic (exact) mass is 263 g/mol. The number of halogens is 2. The van der Waals surface area contributed by atoms with Crippen LogP contribution in [0.4, 0.5) is 10.1 Å². The zero-order chi connectivity index (χ0) is 13.1. The smallest absolute Gasteiger partial charge is 0.169 e. The largest absolute Gasteiger partial charge is 0.398 e. The van der Waals surface area contributed by atoms with Crippen molar-refractivity contribution in [3.63, 3.8) is 0 Å². The molecule has 0 bridgehead atoms. The molecule has 0 spiro atoms. The maximum Gasteiger partial charge on any atom is 0.169 e. The van der Waals surface area contributed by atoms with Crippen LogP contribution in [-0.4, -0.2) is 5.78 Å². The van der Waals surface area contributed by atoms with Gasteiger partial charge in [0.05, 0.1) is 0 Å². The molecular formula is C14H11ClFNO. The number of nitrogens with two attached hydrogens (primary N) is 1. The van der Waals surface area contributed by atoms with Gasteiger partial charge in [0.2, 0.25) is 0 Å². The lowest BCUT2D eigenvalue weighted by Crippen LogP contribution is -2.08. The summed E-state index contributed by atoms with van der Waals surface area (Å²) in [4.78, 5) is 12.0. The van der Waals surface area contributed by atoms with Gasteiger partial charge in [-0.2, -0.15) is 0 Å². The topological polar surface area (TPSA) is 43.1 Å². The van der Waals surface area contributed by atoms with Crippen LogP contribution in [0.1, 0.15) is 15.9 Å². The summed E-state index contributed by atoms with van der Waals surface area (Å²) in [6.45, 7) is 0. The van der Waals surface area contributed by atoms with Crippen LogP contribution in [0.3, 0.4) is 0 Å². The minimum absolute atomic E-state index is 0.0305. The molecule has 92 valence electrons. The van der Waals surface area contributed by atoms with Crippen molar-refractivity contribution < 1.29 is 9.18 Å². The number of carbonyl (C=O) groups is 1. The molecule has 4 heteroatoms. The van der Waals surface area contributed by atoms with Crippen molar-refractivity contribution >= 4 is 23.1 Å². The second kappa shape index (κ2) is 5.19. The van der Waals surface area contributed by atoms with E-state index >= 15 is 0 Å². The fourth-order valence-corrected chi connectivity index (χ4v) is 1.84. The number of rotatable bonds is 3. The van der Waals surface area contributed by atoms with Crippen molar-refractivity contribution in [1.82, 2.24) is 0 Å². The summed E-state index contributed by atoms with van der Waals surface area (Å²) in [7, 11) is 0. The van der Waals surface area contributed by atoms with Crippen molar-refractivity contribution in [2.45, 2.75) is 6.42 Å². The first-order valence-corrected chi connectivity index (χ1v) is 5.77. The number of nitrogen functional groups attached to an aromatic ring is 1. The van der Waals surface area contributed by atoms with Crippen molar-refractivity contribution in [2.24, 2.45) is 0 Å². The van der Waals surface area contributed by atoms with E-state index in [1.54, 1.807) is 30.3 Å². The van der Waals surface area contributed by atoms with Crippen LogP contribution in [0, 0.1) is 5.82 Å². The number of hydrogen-bond donors (Lipinski definition) is 1. The fourth-order valence-electron chi connectivity index (χ4n) is 1.68. The van der Waals surface area contributed by atoms with Gasteiger partial charge in [0.1, 0.15) is 5.82 Å². The highest BCUT2D eigenvalue weighted by Crippen LogP contribution is 2.18. The van der Waals surface area contributed by atoms with E-state index in [0.717, 1.165) is 0 Å². The predicted molar refractivity (Wildman–Crippen MR) is 70.3 cm³/mol. The predicted octanol–water partition coefficient (Wildman–Crippen LogP) is 3.49. The molecule has 0 atom stereocenters. The fraction of sp³-hybridized carbons (Fsp3) is 0.0714. The summed E-state index contributed by atoms with van der Waals surface area (Å²) in [6.07, 6.45) is -0.0305. The average Bonchev–Trinajstić information content (AvgIpc) is 2.33. The molecule has 0 aliphatic heterocycles.